The average Bonchev–Trinajstić information content (AvgIpc) is 3.02. The average molecular weight is 305 g/mol. The maximum absolute atomic E-state index is 12.2. The number of hydrogen-bond donors (Lipinski definition) is 2. The number of ether oxygens (including phenoxy) is 1. The Morgan fingerprint density at radius 2 is 2.43 bits per heavy atom. The fourth-order valence-electron chi connectivity index (χ4n) is 2.10. The minimum atomic E-state index is 0.0243. The molecule has 1 unspecified atom stereocenters. The van der Waals surface area contributed by atoms with Gasteiger partial charge in [0.15, 0.2) is 0 Å². The second kappa shape index (κ2) is 7.96. The molecule has 4 nitrogen and oxygen atoms in total. The SMILES string of the molecule is COc1ccc(C#CCCO)cc1NC(=O)C1CCCS1. The van der Waals surface area contributed by atoms with Crippen LogP contribution in [0.5, 0.6) is 5.75 Å². The third kappa shape index (κ3) is 4.42. The molecule has 2 N–H and O–H groups in total. The van der Waals surface area contributed by atoms with Crippen LogP contribution in [0.2, 0.25) is 0 Å². The molecular weight excluding hydrogens is 286 g/mol. The normalized spacial score (nSPS) is 17.0. The van der Waals surface area contributed by atoms with E-state index in [1.807, 2.05) is 6.07 Å². The maximum atomic E-state index is 12.2. The Bertz CT molecular complexity index is 556. The van der Waals surface area contributed by atoms with Gasteiger partial charge in [0.2, 0.25) is 5.91 Å². The highest BCUT2D eigenvalue weighted by Gasteiger charge is 2.24. The molecule has 1 aliphatic heterocycles. The summed E-state index contributed by atoms with van der Waals surface area (Å²) in [6.07, 6.45) is 2.45. The number of anilines is 1. The third-order valence-electron chi connectivity index (χ3n) is 3.15. The second-order valence-electron chi connectivity index (χ2n) is 4.68. The van der Waals surface area contributed by atoms with Crippen molar-refractivity contribution in [2.75, 3.05) is 24.8 Å². The zero-order valence-corrected chi connectivity index (χ0v) is 12.8. The molecule has 1 fully saturated rings. The molecule has 0 bridgehead atoms. The molecule has 0 aromatic heterocycles. The molecule has 0 spiro atoms. The smallest absolute Gasteiger partial charge is 0.237 e. The summed E-state index contributed by atoms with van der Waals surface area (Å²) in [7, 11) is 1.58. The number of benzene rings is 1. The Morgan fingerprint density at radius 3 is 3.10 bits per heavy atom. The van der Waals surface area contributed by atoms with E-state index in [1.165, 1.54) is 0 Å². The van der Waals surface area contributed by atoms with Gasteiger partial charge in [-0.2, -0.15) is 0 Å². The van der Waals surface area contributed by atoms with Crippen LogP contribution < -0.4 is 10.1 Å². The van der Waals surface area contributed by atoms with Crippen LogP contribution in [0.3, 0.4) is 0 Å². The summed E-state index contributed by atoms with van der Waals surface area (Å²) in [5, 5.41) is 11.7. The minimum Gasteiger partial charge on any atom is -0.495 e. The topological polar surface area (TPSA) is 58.6 Å². The highest BCUT2D eigenvalue weighted by Crippen LogP contribution is 2.30. The van der Waals surface area contributed by atoms with Crippen LogP contribution in [-0.4, -0.2) is 35.7 Å². The van der Waals surface area contributed by atoms with Gasteiger partial charge in [0, 0.05) is 12.0 Å². The quantitative estimate of drug-likeness (QED) is 0.838. The van der Waals surface area contributed by atoms with E-state index in [9.17, 15) is 4.79 Å². The first-order valence-corrected chi connectivity index (χ1v) is 7.99. The number of aliphatic hydroxyl groups excluding tert-OH is 1. The number of carbonyl (C=O) groups excluding carboxylic acids is 1. The molecule has 112 valence electrons. The molecule has 1 aliphatic rings. The number of methoxy groups -OCH3 is 1. The lowest BCUT2D eigenvalue weighted by molar-refractivity contribution is -0.115. The van der Waals surface area contributed by atoms with E-state index in [-0.39, 0.29) is 17.8 Å². The van der Waals surface area contributed by atoms with E-state index in [0.29, 0.717) is 17.9 Å². The van der Waals surface area contributed by atoms with Gasteiger partial charge >= 0.3 is 0 Å². The van der Waals surface area contributed by atoms with Crippen LogP contribution in [0.1, 0.15) is 24.8 Å². The number of rotatable bonds is 4. The molecule has 0 saturated carbocycles. The number of aliphatic hydroxyl groups is 1. The van der Waals surface area contributed by atoms with E-state index in [4.69, 9.17) is 9.84 Å². The number of nitrogens with one attached hydrogen (secondary N) is 1. The molecule has 2 rings (SSSR count). The summed E-state index contributed by atoms with van der Waals surface area (Å²) in [6, 6.07) is 5.43. The van der Waals surface area contributed by atoms with Crippen LogP contribution in [-0.2, 0) is 4.79 Å². The van der Waals surface area contributed by atoms with Crippen LogP contribution in [0, 0.1) is 11.8 Å². The predicted octanol–water partition coefficient (Wildman–Crippen LogP) is 2.26. The molecule has 1 heterocycles. The minimum absolute atomic E-state index is 0.0243. The van der Waals surface area contributed by atoms with Crippen molar-refractivity contribution in [3.8, 4) is 17.6 Å². The first-order chi connectivity index (χ1) is 10.2. The van der Waals surface area contributed by atoms with E-state index < -0.39 is 0 Å². The van der Waals surface area contributed by atoms with Crippen molar-refractivity contribution in [1.29, 1.82) is 0 Å². The molecule has 1 aromatic carbocycles. The van der Waals surface area contributed by atoms with Gasteiger partial charge in [-0.15, -0.1) is 11.8 Å². The fraction of sp³-hybridized carbons (Fsp3) is 0.438. The number of thioether (sulfide) groups is 1. The molecule has 1 atom stereocenters. The van der Waals surface area contributed by atoms with Gasteiger partial charge in [-0.3, -0.25) is 4.79 Å². The third-order valence-corrected chi connectivity index (χ3v) is 4.53. The zero-order chi connectivity index (χ0) is 15.1. The van der Waals surface area contributed by atoms with E-state index in [1.54, 1.807) is 31.0 Å². The van der Waals surface area contributed by atoms with E-state index >= 15 is 0 Å². The molecule has 1 saturated heterocycles. The summed E-state index contributed by atoms with van der Waals surface area (Å²) >= 11 is 1.70. The van der Waals surface area contributed by atoms with Crippen molar-refractivity contribution >= 4 is 23.4 Å². The Hall–Kier alpha value is -1.64. The Morgan fingerprint density at radius 1 is 1.57 bits per heavy atom. The van der Waals surface area contributed by atoms with Crippen LogP contribution >= 0.6 is 11.8 Å². The highest BCUT2D eigenvalue weighted by molar-refractivity contribution is 8.00. The van der Waals surface area contributed by atoms with Crippen LogP contribution in [0.25, 0.3) is 0 Å². The first kappa shape index (κ1) is 15.7. The van der Waals surface area contributed by atoms with Crippen molar-refractivity contribution in [3.63, 3.8) is 0 Å². The highest BCUT2D eigenvalue weighted by atomic mass is 32.2. The fourth-order valence-corrected chi connectivity index (χ4v) is 3.26. The van der Waals surface area contributed by atoms with Crippen molar-refractivity contribution in [2.24, 2.45) is 0 Å². The summed E-state index contributed by atoms with van der Waals surface area (Å²) < 4.78 is 5.28. The van der Waals surface area contributed by atoms with Gasteiger partial charge in [-0.1, -0.05) is 11.8 Å². The van der Waals surface area contributed by atoms with Gasteiger partial charge < -0.3 is 15.2 Å². The zero-order valence-electron chi connectivity index (χ0n) is 12.0. The van der Waals surface area contributed by atoms with E-state index in [2.05, 4.69) is 17.2 Å². The second-order valence-corrected chi connectivity index (χ2v) is 5.99. The number of hydrogen-bond acceptors (Lipinski definition) is 4. The van der Waals surface area contributed by atoms with Gasteiger partial charge in [-0.25, -0.2) is 0 Å². The first-order valence-electron chi connectivity index (χ1n) is 6.95. The van der Waals surface area contributed by atoms with Crippen molar-refractivity contribution in [1.82, 2.24) is 0 Å². The van der Waals surface area contributed by atoms with Crippen molar-refractivity contribution < 1.29 is 14.6 Å². The number of carbonyl (C=O) groups is 1. The summed E-state index contributed by atoms with van der Waals surface area (Å²) in [4.78, 5) is 12.2. The Balaban J connectivity index is 2.13. The standard InChI is InChI=1S/C16H19NO3S/c1-20-14-8-7-12(5-2-3-9-18)11-13(14)17-16(19)15-6-4-10-21-15/h7-8,11,15,18H,3-4,6,9-10H2,1H3,(H,17,19). The van der Waals surface area contributed by atoms with Crippen LogP contribution in [0.15, 0.2) is 18.2 Å². The van der Waals surface area contributed by atoms with Gasteiger partial charge in [0.25, 0.3) is 0 Å². The van der Waals surface area contributed by atoms with Gasteiger partial charge in [0.1, 0.15) is 5.75 Å². The molecule has 5 heteroatoms. The van der Waals surface area contributed by atoms with Gasteiger partial charge in [-0.05, 0) is 36.8 Å². The maximum Gasteiger partial charge on any atom is 0.237 e. The summed E-state index contributed by atoms with van der Waals surface area (Å²) in [5.74, 6) is 7.52. The summed E-state index contributed by atoms with van der Waals surface area (Å²) in [5.41, 5.74) is 1.43. The summed E-state index contributed by atoms with van der Waals surface area (Å²) in [6.45, 7) is 0.0473. The Kier molecular flexibility index (Phi) is 5.97. The van der Waals surface area contributed by atoms with Crippen LogP contribution in [0.4, 0.5) is 5.69 Å². The van der Waals surface area contributed by atoms with Gasteiger partial charge in [0.05, 0.1) is 24.7 Å². The lowest BCUT2D eigenvalue weighted by Crippen LogP contribution is -2.23. The van der Waals surface area contributed by atoms with E-state index in [0.717, 1.165) is 24.2 Å². The molecule has 21 heavy (non-hydrogen) atoms. The lowest BCUT2D eigenvalue weighted by Gasteiger charge is -2.13. The molecule has 1 aromatic rings. The molecule has 0 radical (unpaired) electrons. The Labute approximate surface area is 129 Å². The molecule has 0 aliphatic carbocycles. The van der Waals surface area contributed by atoms with Crippen molar-refractivity contribution in [3.05, 3.63) is 23.8 Å². The molecule has 1 amide bonds. The number of amides is 1. The monoisotopic (exact) mass is 305 g/mol. The lowest BCUT2D eigenvalue weighted by atomic mass is 10.1. The van der Waals surface area contributed by atoms with Crippen molar-refractivity contribution in [2.45, 2.75) is 24.5 Å². The molecular formula is C16H19NO3S. The largest absolute Gasteiger partial charge is 0.495 e. The predicted molar refractivity (Wildman–Crippen MR) is 85.7 cm³/mol.